The zero-order valence-electron chi connectivity index (χ0n) is 17.1. The van der Waals surface area contributed by atoms with Crippen molar-refractivity contribution in [2.45, 2.75) is 45.8 Å². The number of hydrogen-bond acceptors (Lipinski definition) is 5. The molecule has 0 bridgehead atoms. The summed E-state index contributed by atoms with van der Waals surface area (Å²) in [5, 5.41) is 2.84. The van der Waals surface area contributed by atoms with Crippen LogP contribution in [-0.4, -0.2) is 37.3 Å². The summed E-state index contributed by atoms with van der Waals surface area (Å²) in [5.41, 5.74) is 3.01. The number of hydrogen-bond donors (Lipinski definition) is 1. The Kier molecular flexibility index (Phi) is 6.88. The molecule has 0 aliphatic carbocycles. The van der Waals surface area contributed by atoms with Gasteiger partial charge < -0.3 is 19.5 Å². The first-order chi connectivity index (χ1) is 13.9. The molecule has 0 radical (unpaired) electrons. The van der Waals surface area contributed by atoms with Crippen LogP contribution in [0.1, 0.15) is 41.3 Å². The second-order valence-corrected chi connectivity index (χ2v) is 7.27. The maximum atomic E-state index is 12.4. The van der Waals surface area contributed by atoms with E-state index >= 15 is 0 Å². The third-order valence-corrected chi connectivity index (χ3v) is 4.93. The predicted molar refractivity (Wildman–Crippen MR) is 110 cm³/mol. The Morgan fingerprint density at radius 2 is 1.83 bits per heavy atom. The highest BCUT2D eigenvalue weighted by molar-refractivity contribution is 5.98. The lowest BCUT2D eigenvalue weighted by molar-refractivity contribution is -0.123. The molecule has 2 aromatic carbocycles. The Morgan fingerprint density at radius 1 is 1.14 bits per heavy atom. The lowest BCUT2D eigenvalue weighted by Gasteiger charge is -2.16. The van der Waals surface area contributed by atoms with E-state index in [1.54, 1.807) is 31.2 Å². The van der Waals surface area contributed by atoms with Crippen LogP contribution in [0, 0.1) is 13.8 Å². The Balaban J connectivity index is 1.52. The Morgan fingerprint density at radius 3 is 2.45 bits per heavy atom. The topological polar surface area (TPSA) is 73.9 Å². The van der Waals surface area contributed by atoms with Crippen LogP contribution in [0.3, 0.4) is 0 Å². The summed E-state index contributed by atoms with van der Waals surface area (Å²) in [6, 6.07) is 12.5. The van der Waals surface area contributed by atoms with Gasteiger partial charge in [0.1, 0.15) is 12.4 Å². The van der Waals surface area contributed by atoms with E-state index in [0.717, 1.165) is 36.3 Å². The molecule has 1 saturated heterocycles. The van der Waals surface area contributed by atoms with Gasteiger partial charge in [-0.2, -0.15) is 0 Å². The average Bonchev–Trinajstić information content (AvgIpc) is 3.23. The first-order valence-electron chi connectivity index (χ1n) is 9.86. The van der Waals surface area contributed by atoms with E-state index in [9.17, 15) is 9.59 Å². The van der Waals surface area contributed by atoms with Crippen molar-refractivity contribution in [1.29, 1.82) is 0 Å². The van der Waals surface area contributed by atoms with Gasteiger partial charge in [0.2, 0.25) is 0 Å². The lowest BCUT2D eigenvalue weighted by Crippen LogP contribution is -2.30. The molecule has 0 spiro atoms. The molecule has 1 aliphatic heterocycles. The van der Waals surface area contributed by atoms with Crippen LogP contribution in [0.4, 0.5) is 5.69 Å². The summed E-state index contributed by atoms with van der Waals surface area (Å²) in [5.74, 6) is -0.259. The van der Waals surface area contributed by atoms with E-state index < -0.39 is 12.1 Å². The maximum absolute atomic E-state index is 12.4. The number of nitrogens with one attached hydrogen (secondary N) is 1. The Bertz CT molecular complexity index is 836. The van der Waals surface area contributed by atoms with Gasteiger partial charge in [0.15, 0.2) is 6.10 Å². The number of esters is 1. The van der Waals surface area contributed by atoms with Gasteiger partial charge in [-0.3, -0.25) is 4.79 Å². The number of carbonyl (C=O) groups is 2. The highest BCUT2D eigenvalue weighted by Gasteiger charge is 2.20. The summed E-state index contributed by atoms with van der Waals surface area (Å²) >= 11 is 0. The van der Waals surface area contributed by atoms with Crippen molar-refractivity contribution in [2.75, 3.05) is 18.5 Å². The van der Waals surface area contributed by atoms with Crippen LogP contribution < -0.4 is 10.1 Å². The highest BCUT2D eigenvalue weighted by Crippen LogP contribution is 2.20. The number of aryl methyl sites for hydroxylation is 2. The zero-order chi connectivity index (χ0) is 20.8. The second-order valence-electron chi connectivity index (χ2n) is 7.27. The van der Waals surface area contributed by atoms with Gasteiger partial charge in [0.25, 0.3) is 5.91 Å². The predicted octanol–water partition coefficient (Wildman–Crippen LogP) is 4.05. The standard InChI is InChI=1S/C23H27NO5/c1-15-6-4-7-16(2)21(15)24-22(25)17(3)29-23(26)18-9-11-19(12-10-18)28-14-20-8-5-13-27-20/h4,6-7,9-12,17,20H,5,8,13-14H2,1-3H3,(H,24,25)/t17-,20+/m0/s1. The molecule has 0 saturated carbocycles. The number of ether oxygens (including phenoxy) is 3. The van der Waals surface area contributed by atoms with E-state index in [2.05, 4.69) is 5.32 Å². The van der Waals surface area contributed by atoms with Gasteiger partial charge in [-0.15, -0.1) is 0 Å². The summed E-state index contributed by atoms with van der Waals surface area (Å²) in [6.07, 6.45) is 1.29. The van der Waals surface area contributed by atoms with Crippen molar-refractivity contribution in [3.05, 3.63) is 59.2 Å². The first kappa shape index (κ1) is 20.9. The van der Waals surface area contributed by atoms with Gasteiger partial charge in [-0.05, 0) is 69.0 Å². The van der Waals surface area contributed by atoms with E-state index in [1.807, 2.05) is 32.0 Å². The number of para-hydroxylation sites is 1. The van der Waals surface area contributed by atoms with Crippen LogP contribution >= 0.6 is 0 Å². The van der Waals surface area contributed by atoms with Crippen LogP contribution in [0.25, 0.3) is 0 Å². The van der Waals surface area contributed by atoms with Crippen LogP contribution in [0.2, 0.25) is 0 Å². The molecule has 2 aromatic rings. The quantitative estimate of drug-likeness (QED) is 0.714. The van der Waals surface area contributed by atoms with Gasteiger partial charge in [0, 0.05) is 12.3 Å². The number of rotatable bonds is 7. The van der Waals surface area contributed by atoms with E-state index in [-0.39, 0.29) is 12.0 Å². The minimum absolute atomic E-state index is 0.135. The van der Waals surface area contributed by atoms with Gasteiger partial charge in [-0.25, -0.2) is 4.79 Å². The highest BCUT2D eigenvalue weighted by atomic mass is 16.5. The largest absolute Gasteiger partial charge is 0.491 e. The summed E-state index contributed by atoms with van der Waals surface area (Å²) < 4.78 is 16.5. The van der Waals surface area contributed by atoms with Crippen molar-refractivity contribution < 1.29 is 23.8 Å². The maximum Gasteiger partial charge on any atom is 0.338 e. The van der Waals surface area contributed by atoms with Gasteiger partial charge in [-0.1, -0.05) is 18.2 Å². The molecule has 154 valence electrons. The molecule has 1 amide bonds. The van der Waals surface area contributed by atoms with Crippen molar-refractivity contribution in [1.82, 2.24) is 0 Å². The number of amides is 1. The molecular formula is C23H27NO5. The summed E-state index contributed by atoms with van der Waals surface area (Å²) in [4.78, 5) is 24.8. The number of carbonyl (C=O) groups excluding carboxylic acids is 2. The van der Waals surface area contributed by atoms with Crippen LogP contribution in [0.5, 0.6) is 5.75 Å². The summed E-state index contributed by atoms with van der Waals surface area (Å²) in [7, 11) is 0. The fourth-order valence-corrected chi connectivity index (χ4v) is 3.17. The van der Waals surface area contributed by atoms with E-state index in [1.165, 1.54) is 0 Å². The van der Waals surface area contributed by atoms with Crippen molar-refractivity contribution in [3.63, 3.8) is 0 Å². The normalized spacial score (nSPS) is 16.9. The SMILES string of the molecule is Cc1cccc(C)c1NC(=O)[C@H](C)OC(=O)c1ccc(OC[C@H]2CCCO2)cc1. The van der Waals surface area contributed by atoms with E-state index in [0.29, 0.717) is 17.9 Å². The molecule has 1 fully saturated rings. The second kappa shape index (κ2) is 9.56. The van der Waals surface area contributed by atoms with Crippen molar-refractivity contribution in [2.24, 2.45) is 0 Å². The van der Waals surface area contributed by atoms with Gasteiger partial charge >= 0.3 is 5.97 Å². The minimum Gasteiger partial charge on any atom is -0.491 e. The molecule has 1 aliphatic rings. The molecule has 0 aromatic heterocycles. The van der Waals surface area contributed by atoms with Crippen molar-refractivity contribution >= 4 is 17.6 Å². The fraction of sp³-hybridized carbons (Fsp3) is 0.391. The molecule has 6 nitrogen and oxygen atoms in total. The van der Waals surface area contributed by atoms with Gasteiger partial charge in [0.05, 0.1) is 11.7 Å². The monoisotopic (exact) mass is 397 g/mol. The molecule has 1 N–H and O–H groups in total. The molecule has 1 heterocycles. The minimum atomic E-state index is -0.919. The molecule has 3 rings (SSSR count). The molecule has 2 atom stereocenters. The molecule has 29 heavy (non-hydrogen) atoms. The first-order valence-corrected chi connectivity index (χ1v) is 9.86. The zero-order valence-corrected chi connectivity index (χ0v) is 17.1. The Hall–Kier alpha value is -2.86. The molecule has 6 heteroatoms. The van der Waals surface area contributed by atoms with Crippen molar-refractivity contribution in [3.8, 4) is 5.75 Å². The lowest BCUT2D eigenvalue weighted by atomic mass is 10.1. The Labute approximate surface area is 171 Å². The molecular weight excluding hydrogens is 370 g/mol. The number of benzene rings is 2. The summed E-state index contributed by atoms with van der Waals surface area (Å²) in [6.45, 7) is 6.68. The molecule has 0 unspecified atom stereocenters. The smallest absolute Gasteiger partial charge is 0.338 e. The third kappa shape index (κ3) is 5.57. The number of anilines is 1. The fourth-order valence-electron chi connectivity index (χ4n) is 3.17. The van der Waals surface area contributed by atoms with E-state index in [4.69, 9.17) is 14.2 Å². The van der Waals surface area contributed by atoms with Crippen LogP contribution in [0.15, 0.2) is 42.5 Å². The van der Waals surface area contributed by atoms with Crippen LogP contribution in [-0.2, 0) is 14.3 Å². The average molecular weight is 397 g/mol. The third-order valence-electron chi connectivity index (χ3n) is 4.93.